The molecule has 0 amide bonds. The molecule has 0 spiro atoms. The van der Waals surface area contributed by atoms with Crippen molar-refractivity contribution >= 4 is 29.0 Å². The molecule has 3 rings (SSSR count). The number of benzene rings is 2. The van der Waals surface area contributed by atoms with Crippen molar-refractivity contribution in [1.29, 1.82) is 0 Å². The monoisotopic (exact) mass is 307 g/mol. The third-order valence-electron chi connectivity index (χ3n) is 3.11. The molecule has 5 heteroatoms. The number of rotatable bonds is 3. The van der Waals surface area contributed by atoms with Gasteiger partial charge in [-0.05, 0) is 35.9 Å². The number of nitrogens with zero attached hydrogens (tertiary/aromatic N) is 1. The Kier molecular flexibility index (Phi) is 4.01. The molecule has 0 aliphatic heterocycles. The second-order valence-electron chi connectivity index (χ2n) is 4.85. The Hall–Kier alpha value is -3.21. The maximum atomic E-state index is 11.9. The zero-order valence-electron chi connectivity index (χ0n) is 12.4. The number of carbonyl (C=O) groups is 1. The number of para-hydroxylation sites is 1. The zero-order valence-corrected chi connectivity index (χ0v) is 12.4. The molecule has 0 N–H and O–H groups in total. The quantitative estimate of drug-likeness (QED) is 0.548. The number of aromatic nitrogens is 1. The Bertz CT molecular complexity index is 939. The summed E-state index contributed by atoms with van der Waals surface area (Å²) in [6.07, 6.45) is 3.38. The fourth-order valence-electron chi connectivity index (χ4n) is 2.09. The van der Waals surface area contributed by atoms with E-state index in [0.717, 1.165) is 5.56 Å². The molecule has 0 atom stereocenters. The highest BCUT2D eigenvalue weighted by Gasteiger charge is 2.03. The van der Waals surface area contributed by atoms with E-state index in [4.69, 9.17) is 9.15 Å². The third-order valence-corrected chi connectivity index (χ3v) is 3.11. The maximum Gasteiger partial charge on any atom is 0.347 e. The molecule has 2 aromatic carbocycles. The first-order valence-electron chi connectivity index (χ1n) is 6.98. The molecule has 114 valence electrons. The Morgan fingerprint density at radius 1 is 1.09 bits per heavy atom. The second-order valence-corrected chi connectivity index (χ2v) is 4.85. The molecule has 0 fully saturated rings. The third kappa shape index (κ3) is 3.52. The molecule has 5 nitrogen and oxygen atoms in total. The van der Waals surface area contributed by atoms with E-state index >= 15 is 0 Å². The lowest BCUT2D eigenvalue weighted by Crippen LogP contribution is -2.02. The van der Waals surface area contributed by atoms with Gasteiger partial charge in [-0.1, -0.05) is 24.3 Å². The highest BCUT2D eigenvalue weighted by molar-refractivity contribution is 5.78. The molecule has 0 unspecified atom stereocenters. The lowest BCUT2D eigenvalue weighted by molar-refractivity contribution is -0.131. The highest BCUT2D eigenvalue weighted by Crippen LogP contribution is 2.15. The van der Waals surface area contributed by atoms with Crippen LogP contribution >= 0.6 is 0 Å². The Balaban J connectivity index is 1.85. The minimum atomic E-state index is -0.416. The van der Waals surface area contributed by atoms with E-state index in [9.17, 15) is 9.59 Å². The van der Waals surface area contributed by atoms with Crippen molar-refractivity contribution in [2.45, 2.75) is 6.92 Å². The summed E-state index contributed by atoms with van der Waals surface area (Å²) in [5.41, 5.74) is 1.03. The van der Waals surface area contributed by atoms with Crippen molar-refractivity contribution in [2.24, 2.45) is 0 Å². The minimum Gasteiger partial charge on any atom is -0.427 e. The molecule has 0 saturated carbocycles. The van der Waals surface area contributed by atoms with Crippen LogP contribution < -0.4 is 10.4 Å². The van der Waals surface area contributed by atoms with Crippen molar-refractivity contribution in [3.8, 4) is 5.75 Å². The van der Waals surface area contributed by atoms with Gasteiger partial charge in [-0.25, -0.2) is 9.78 Å². The second kappa shape index (κ2) is 6.27. The van der Waals surface area contributed by atoms with Crippen LogP contribution in [0.15, 0.2) is 57.7 Å². The first-order valence-corrected chi connectivity index (χ1v) is 6.98. The molecule has 0 aliphatic carbocycles. The largest absolute Gasteiger partial charge is 0.427 e. The summed E-state index contributed by atoms with van der Waals surface area (Å²) < 4.78 is 10.1. The van der Waals surface area contributed by atoms with Crippen LogP contribution in [-0.4, -0.2) is 11.0 Å². The molecule has 3 aromatic rings. The molecule has 0 saturated heterocycles. The summed E-state index contributed by atoms with van der Waals surface area (Å²) in [7, 11) is 0. The van der Waals surface area contributed by atoms with Gasteiger partial charge < -0.3 is 9.15 Å². The van der Waals surface area contributed by atoms with Gasteiger partial charge in [0.05, 0.1) is 10.9 Å². The van der Waals surface area contributed by atoms with Crippen LogP contribution in [0, 0.1) is 0 Å². The van der Waals surface area contributed by atoms with Crippen molar-refractivity contribution in [3.63, 3.8) is 0 Å². The number of hydrogen-bond acceptors (Lipinski definition) is 5. The molecule has 1 heterocycles. The SMILES string of the molecule is CC(=O)Oc1ccc(/C=C/c2nc3ccccc3c(=O)o2)cc1. The fourth-order valence-corrected chi connectivity index (χ4v) is 2.09. The first kappa shape index (κ1) is 14.7. The van der Waals surface area contributed by atoms with Gasteiger partial charge >= 0.3 is 11.6 Å². The summed E-state index contributed by atoms with van der Waals surface area (Å²) in [5, 5.41) is 0.454. The van der Waals surface area contributed by atoms with Crippen LogP contribution in [0.2, 0.25) is 0 Å². The van der Waals surface area contributed by atoms with Crippen LogP contribution in [0.5, 0.6) is 5.75 Å². The molecule has 0 aliphatic rings. The van der Waals surface area contributed by atoms with Crippen molar-refractivity contribution in [2.75, 3.05) is 0 Å². The number of carbonyl (C=O) groups excluding carboxylic acids is 1. The molecule has 23 heavy (non-hydrogen) atoms. The van der Waals surface area contributed by atoms with E-state index in [0.29, 0.717) is 16.7 Å². The lowest BCUT2D eigenvalue weighted by atomic mass is 10.2. The topological polar surface area (TPSA) is 69.4 Å². The van der Waals surface area contributed by atoms with Gasteiger partial charge in [0, 0.05) is 13.0 Å². The van der Waals surface area contributed by atoms with Gasteiger partial charge in [-0.2, -0.15) is 0 Å². The summed E-state index contributed by atoms with van der Waals surface area (Å²) >= 11 is 0. The minimum absolute atomic E-state index is 0.234. The van der Waals surface area contributed by atoms with Crippen molar-refractivity contribution in [1.82, 2.24) is 4.98 Å². The Labute approximate surface area is 131 Å². The number of esters is 1. The van der Waals surface area contributed by atoms with Crippen LogP contribution in [0.1, 0.15) is 18.4 Å². The molecular weight excluding hydrogens is 294 g/mol. The van der Waals surface area contributed by atoms with Crippen molar-refractivity contribution in [3.05, 3.63) is 70.4 Å². The average Bonchev–Trinajstić information content (AvgIpc) is 2.54. The number of fused-ring (bicyclic) bond motifs is 1. The van der Waals surface area contributed by atoms with E-state index < -0.39 is 5.63 Å². The van der Waals surface area contributed by atoms with Crippen molar-refractivity contribution < 1.29 is 13.9 Å². The summed E-state index contributed by atoms with van der Waals surface area (Å²) in [6.45, 7) is 1.35. The normalized spacial score (nSPS) is 11.0. The zero-order chi connectivity index (χ0) is 16.2. The van der Waals surface area contributed by atoms with Gasteiger partial charge in [-0.3, -0.25) is 4.79 Å². The Morgan fingerprint density at radius 2 is 1.83 bits per heavy atom. The van der Waals surface area contributed by atoms with Crippen LogP contribution in [-0.2, 0) is 4.79 Å². The molecule has 0 bridgehead atoms. The van der Waals surface area contributed by atoms with Crippen LogP contribution in [0.4, 0.5) is 0 Å². The van der Waals surface area contributed by atoms with Gasteiger partial charge in [0.15, 0.2) is 0 Å². The first-order chi connectivity index (χ1) is 11.1. The lowest BCUT2D eigenvalue weighted by Gasteiger charge is -2.01. The van der Waals surface area contributed by atoms with Gasteiger partial charge in [0.1, 0.15) is 5.75 Å². The fraction of sp³-hybridized carbons (Fsp3) is 0.0556. The summed E-state index contributed by atoms with van der Waals surface area (Å²) in [4.78, 5) is 27.0. The van der Waals surface area contributed by atoms with E-state index in [-0.39, 0.29) is 11.9 Å². The molecule has 0 radical (unpaired) electrons. The number of hydrogen-bond donors (Lipinski definition) is 0. The van der Waals surface area contributed by atoms with Crippen LogP contribution in [0.3, 0.4) is 0 Å². The molecular formula is C18H13NO4. The van der Waals surface area contributed by atoms with E-state index in [2.05, 4.69) is 4.98 Å². The van der Waals surface area contributed by atoms with Gasteiger partial charge in [0.2, 0.25) is 5.89 Å². The summed E-state index contributed by atoms with van der Waals surface area (Å²) in [5.74, 6) is 0.346. The number of ether oxygens (including phenoxy) is 1. The smallest absolute Gasteiger partial charge is 0.347 e. The standard InChI is InChI=1S/C18H13NO4/c1-12(20)22-14-9-6-13(7-10-14)8-11-17-19-16-5-3-2-4-15(16)18(21)23-17/h2-11H,1H3/b11-8+. The highest BCUT2D eigenvalue weighted by atomic mass is 16.5. The molecule has 1 aromatic heterocycles. The van der Waals surface area contributed by atoms with E-state index in [1.807, 2.05) is 6.07 Å². The predicted molar refractivity (Wildman–Crippen MR) is 87.0 cm³/mol. The predicted octanol–water partition coefficient (Wildman–Crippen LogP) is 3.28. The van der Waals surface area contributed by atoms with E-state index in [1.165, 1.54) is 6.92 Å². The maximum absolute atomic E-state index is 11.9. The van der Waals surface area contributed by atoms with Gasteiger partial charge in [0.25, 0.3) is 0 Å². The Morgan fingerprint density at radius 3 is 2.57 bits per heavy atom. The van der Waals surface area contributed by atoms with Gasteiger partial charge in [-0.15, -0.1) is 0 Å². The summed E-state index contributed by atoms with van der Waals surface area (Å²) in [6, 6.07) is 14.0. The average molecular weight is 307 g/mol. The van der Waals surface area contributed by atoms with E-state index in [1.54, 1.807) is 54.6 Å². The van der Waals surface area contributed by atoms with Crippen LogP contribution in [0.25, 0.3) is 23.1 Å².